The Balaban J connectivity index is 1.29. The fourth-order valence-corrected chi connectivity index (χ4v) is 5.55. The van der Waals surface area contributed by atoms with E-state index in [1.807, 2.05) is 30.7 Å². The van der Waals surface area contributed by atoms with Gasteiger partial charge in [0.25, 0.3) is 0 Å². The van der Waals surface area contributed by atoms with E-state index in [1.54, 1.807) is 17.7 Å². The van der Waals surface area contributed by atoms with Crippen molar-refractivity contribution in [3.05, 3.63) is 40.4 Å². The number of nitrogens with zero attached hydrogens (tertiary/aromatic N) is 6. The van der Waals surface area contributed by atoms with Crippen molar-refractivity contribution < 1.29 is 4.79 Å². The van der Waals surface area contributed by atoms with Crippen LogP contribution in [0.1, 0.15) is 47.6 Å². The zero-order valence-corrected chi connectivity index (χ0v) is 18.8. The van der Waals surface area contributed by atoms with Crippen LogP contribution in [0, 0.1) is 19.8 Å². The maximum Gasteiger partial charge on any atom is 0.231 e. The number of rotatable bonds is 4. The highest BCUT2D eigenvalue weighted by Crippen LogP contribution is 2.30. The summed E-state index contributed by atoms with van der Waals surface area (Å²) in [6, 6.07) is 3.98. The van der Waals surface area contributed by atoms with Crippen molar-refractivity contribution in [3.63, 3.8) is 0 Å². The van der Waals surface area contributed by atoms with Gasteiger partial charge in [0.1, 0.15) is 12.1 Å². The van der Waals surface area contributed by atoms with Gasteiger partial charge in [0.15, 0.2) is 10.9 Å². The zero-order valence-electron chi connectivity index (χ0n) is 18.0. The van der Waals surface area contributed by atoms with E-state index in [-0.39, 0.29) is 11.8 Å². The van der Waals surface area contributed by atoms with Crippen LogP contribution in [-0.4, -0.2) is 43.7 Å². The molecule has 1 aliphatic carbocycles. The van der Waals surface area contributed by atoms with E-state index in [4.69, 9.17) is 0 Å². The zero-order chi connectivity index (χ0) is 21.4. The standard InChI is InChI=1S/C22H27N7OS/c1-14-10-15(2)29(27-14)20-11-19(23-13-24-20)28-9-5-6-16(12-28)21(30)26-22-25-17-7-3-4-8-18(17)31-22/h10-11,13,16H,3-9,12H2,1-2H3,(H,25,26,30)/t16-/m1/s1. The molecule has 1 fully saturated rings. The summed E-state index contributed by atoms with van der Waals surface area (Å²) >= 11 is 1.64. The molecule has 1 N–H and O–H groups in total. The van der Waals surface area contributed by atoms with E-state index in [9.17, 15) is 4.79 Å². The van der Waals surface area contributed by atoms with E-state index >= 15 is 0 Å². The number of carbonyl (C=O) groups is 1. The Kier molecular flexibility index (Phi) is 5.43. The highest BCUT2D eigenvalue weighted by atomic mass is 32.1. The number of thiazole rings is 1. The summed E-state index contributed by atoms with van der Waals surface area (Å²) in [4.78, 5) is 30.0. The first-order valence-electron chi connectivity index (χ1n) is 11.0. The Morgan fingerprint density at radius 3 is 2.77 bits per heavy atom. The second-order valence-corrected chi connectivity index (χ2v) is 9.53. The highest BCUT2D eigenvalue weighted by Gasteiger charge is 2.28. The van der Waals surface area contributed by atoms with E-state index in [0.29, 0.717) is 6.54 Å². The number of hydrogen-bond acceptors (Lipinski definition) is 7. The molecule has 4 heterocycles. The molecule has 1 atom stereocenters. The van der Waals surface area contributed by atoms with Gasteiger partial charge in [0.05, 0.1) is 17.3 Å². The normalized spacial score (nSPS) is 18.6. The third-order valence-corrected chi connectivity index (χ3v) is 7.13. The number of nitrogens with one attached hydrogen (secondary N) is 1. The lowest BCUT2D eigenvalue weighted by Crippen LogP contribution is -2.41. The van der Waals surface area contributed by atoms with E-state index < -0.39 is 0 Å². The molecule has 0 saturated carbocycles. The maximum atomic E-state index is 13.0. The lowest BCUT2D eigenvalue weighted by atomic mass is 9.97. The molecule has 0 aromatic carbocycles. The second kappa shape index (κ2) is 8.37. The van der Waals surface area contributed by atoms with Crippen molar-refractivity contribution >= 4 is 28.2 Å². The molecular weight excluding hydrogens is 410 g/mol. The van der Waals surface area contributed by atoms with Crippen LogP contribution in [-0.2, 0) is 17.6 Å². The molecule has 0 unspecified atom stereocenters. The van der Waals surface area contributed by atoms with Crippen molar-refractivity contribution in [2.45, 2.75) is 52.4 Å². The molecule has 31 heavy (non-hydrogen) atoms. The van der Waals surface area contributed by atoms with Crippen LogP contribution in [0.3, 0.4) is 0 Å². The Morgan fingerprint density at radius 1 is 1.13 bits per heavy atom. The number of aryl methyl sites for hydroxylation is 4. The monoisotopic (exact) mass is 437 g/mol. The summed E-state index contributed by atoms with van der Waals surface area (Å²) in [7, 11) is 0. The van der Waals surface area contributed by atoms with Crippen molar-refractivity contribution in [3.8, 4) is 5.82 Å². The van der Waals surface area contributed by atoms with Gasteiger partial charge in [0, 0.05) is 29.7 Å². The van der Waals surface area contributed by atoms with E-state index in [0.717, 1.165) is 60.4 Å². The predicted molar refractivity (Wildman–Crippen MR) is 121 cm³/mol. The highest BCUT2D eigenvalue weighted by molar-refractivity contribution is 7.15. The number of aromatic nitrogens is 5. The number of amides is 1. The molecule has 1 aliphatic heterocycles. The Bertz CT molecular complexity index is 1080. The summed E-state index contributed by atoms with van der Waals surface area (Å²) < 4.78 is 1.83. The third kappa shape index (κ3) is 4.19. The van der Waals surface area contributed by atoms with Gasteiger partial charge in [-0.25, -0.2) is 19.6 Å². The van der Waals surface area contributed by atoms with Gasteiger partial charge >= 0.3 is 0 Å². The Labute approximate surface area is 185 Å². The van der Waals surface area contributed by atoms with E-state index in [2.05, 4.69) is 30.3 Å². The Hall–Kier alpha value is -2.81. The minimum absolute atomic E-state index is 0.0589. The van der Waals surface area contributed by atoms with Crippen LogP contribution in [0.5, 0.6) is 0 Å². The topological polar surface area (TPSA) is 88.8 Å². The SMILES string of the molecule is Cc1cc(C)n(-c2cc(N3CCC[C@@H](C(=O)Nc4nc5c(s4)CCCC5)C3)ncn2)n1. The van der Waals surface area contributed by atoms with Gasteiger partial charge in [-0.3, -0.25) is 4.79 Å². The molecule has 1 amide bonds. The van der Waals surface area contributed by atoms with Gasteiger partial charge in [-0.05, 0) is 58.4 Å². The quantitative estimate of drug-likeness (QED) is 0.672. The van der Waals surface area contributed by atoms with Crippen LogP contribution in [0.4, 0.5) is 10.9 Å². The molecule has 3 aromatic heterocycles. The third-order valence-electron chi connectivity index (χ3n) is 6.06. The molecular formula is C22H27N7OS. The van der Waals surface area contributed by atoms with Crippen LogP contribution in [0.2, 0.25) is 0 Å². The van der Waals surface area contributed by atoms with Gasteiger partial charge in [-0.1, -0.05) is 0 Å². The maximum absolute atomic E-state index is 13.0. The van der Waals surface area contributed by atoms with Gasteiger partial charge in [-0.2, -0.15) is 5.10 Å². The number of fused-ring (bicyclic) bond motifs is 1. The summed E-state index contributed by atoms with van der Waals surface area (Å²) in [5.74, 6) is 1.56. The summed E-state index contributed by atoms with van der Waals surface area (Å²) in [6.45, 7) is 5.51. The smallest absolute Gasteiger partial charge is 0.231 e. The first-order valence-corrected chi connectivity index (χ1v) is 11.8. The summed E-state index contributed by atoms with van der Waals surface area (Å²) in [5, 5.41) is 8.36. The largest absolute Gasteiger partial charge is 0.356 e. The van der Waals surface area contributed by atoms with Crippen LogP contribution in [0.25, 0.3) is 5.82 Å². The van der Waals surface area contributed by atoms with Gasteiger partial charge in [0.2, 0.25) is 5.91 Å². The van der Waals surface area contributed by atoms with Crippen molar-refractivity contribution in [1.29, 1.82) is 0 Å². The van der Waals surface area contributed by atoms with Crippen LogP contribution in [0.15, 0.2) is 18.5 Å². The number of carbonyl (C=O) groups excluding carboxylic acids is 1. The van der Waals surface area contributed by atoms with Crippen LogP contribution >= 0.6 is 11.3 Å². The fourth-order valence-electron chi connectivity index (χ4n) is 4.50. The fraction of sp³-hybridized carbons (Fsp3) is 0.500. The van der Waals surface area contributed by atoms with Crippen molar-refractivity contribution in [2.24, 2.45) is 5.92 Å². The average molecular weight is 438 g/mol. The summed E-state index contributed by atoms with van der Waals surface area (Å²) in [6.07, 6.45) is 7.94. The first-order chi connectivity index (χ1) is 15.1. The molecule has 5 rings (SSSR count). The molecule has 0 spiro atoms. The minimum Gasteiger partial charge on any atom is -0.356 e. The molecule has 8 nitrogen and oxygen atoms in total. The van der Waals surface area contributed by atoms with Gasteiger partial charge in [-0.15, -0.1) is 11.3 Å². The molecule has 2 aliphatic rings. The lowest BCUT2D eigenvalue weighted by Gasteiger charge is -2.32. The van der Waals surface area contributed by atoms with Gasteiger partial charge < -0.3 is 10.2 Å². The lowest BCUT2D eigenvalue weighted by molar-refractivity contribution is -0.120. The van der Waals surface area contributed by atoms with Crippen molar-refractivity contribution in [1.82, 2.24) is 24.7 Å². The summed E-state index contributed by atoms with van der Waals surface area (Å²) in [5.41, 5.74) is 3.16. The molecule has 0 bridgehead atoms. The number of piperidine rings is 1. The molecule has 3 aromatic rings. The molecule has 162 valence electrons. The Morgan fingerprint density at radius 2 is 1.97 bits per heavy atom. The number of anilines is 2. The average Bonchev–Trinajstić information content (AvgIpc) is 3.35. The second-order valence-electron chi connectivity index (χ2n) is 8.44. The molecule has 9 heteroatoms. The molecule has 0 radical (unpaired) electrons. The van der Waals surface area contributed by atoms with Crippen molar-refractivity contribution in [2.75, 3.05) is 23.3 Å². The number of hydrogen-bond donors (Lipinski definition) is 1. The van der Waals surface area contributed by atoms with Crippen LogP contribution < -0.4 is 10.2 Å². The molecule has 1 saturated heterocycles. The first kappa shape index (κ1) is 20.1. The minimum atomic E-state index is -0.0817. The predicted octanol–water partition coefficient (Wildman–Crippen LogP) is 3.47. The van der Waals surface area contributed by atoms with E-state index in [1.165, 1.54) is 23.4 Å².